The molecule has 0 aliphatic heterocycles. The lowest BCUT2D eigenvalue weighted by atomic mass is 10.0. The lowest BCUT2D eigenvalue weighted by molar-refractivity contribution is 0.0597. The molecule has 1 aromatic rings. The van der Waals surface area contributed by atoms with Crippen LogP contribution in [0.3, 0.4) is 0 Å². The van der Waals surface area contributed by atoms with Crippen LogP contribution in [0, 0.1) is 0 Å². The average Bonchev–Trinajstić information content (AvgIpc) is 2.27. The minimum absolute atomic E-state index is 0.0901. The predicted molar refractivity (Wildman–Crippen MR) is 59.4 cm³/mol. The first-order chi connectivity index (χ1) is 7.54. The van der Waals surface area contributed by atoms with Gasteiger partial charge in [0.15, 0.2) is 0 Å². The topological polar surface area (TPSA) is 66.8 Å². The molecule has 0 amide bonds. The molecular formula is C12H16O4. The van der Waals surface area contributed by atoms with Gasteiger partial charge in [-0.25, -0.2) is 4.79 Å². The third-order valence-corrected chi connectivity index (χ3v) is 2.32. The summed E-state index contributed by atoms with van der Waals surface area (Å²) in [5.41, 5.74) is 1.05. The number of benzene rings is 1. The van der Waals surface area contributed by atoms with Gasteiger partial charge in [0, 0.05) is 0 Å². The van der Waals surface area contributed by atoms with Gasteiger partial charge >= 0.3 is 5.97 Å². The normalized spacial score (nSPS) is 12.2. The molecule has 0 aromatic heterocycles. The number of hydrogen-bond acceptors (Lipinski definition) is 4. The highest BCUT2D eigenvalue weighted by atomic mass is 16.5. The van der Waals surface area contributed by atoms with Crippen molar-refractivity contribution in [2.75, 3.05) is 7.11 Å². The van der Waals surface area contributed by atoms with E-state index >= 15 is 0 Å². The van der Waals surface area contributed by atoms with E-state index in [0.717, 1.165) is 5.56 Å². The maximum absolute atomic E-state index is 11.3. The SMILES string of the molecule is COC(=O)c1cc(CC[C@H](C)O)ccc1O. The average molecular weight is 224 g/mol. The largest absolute Gasteiger partial charge is 0.507 e. The number of aliphatic hydroxyl groups excluding tert-OH is 1. The van der Waals surface area contributed by atoms with Crippen molar-refractivity contribution < 1.29 is 19.7 Å². The number of carbonyl (C=O) groups excluding carboxylic acids is 1. The number of aryl methyl sites for hydroxylation is 1. The Labute approximate surface area is 94.5 Å². The first kappa shape index (κ1) is 12.5. The Kier molecular flexibility index (Phi) is 4.31. The Bertz CT molecular complexity index is 371. The second-order valence-electron chi connectivity index (χ2n) is 3.73. The van der Waals surface area contributed by atoms with Gasteiger partial charge in [0.1, 0.15) is 11.3 Å². The van der Waals surface area contributed by atoms with Crippen molar-refractivity contribution in [3.05, 3.63) is 29.3 Å². The summed E-state index contributed by atoms with van der Waals surface area (Å²) < 4.78 is 4.55. The molecule has 0 radical (unpaired) electrons. The van der Waals surface area contributed by atoms with Crippen molar-refractivity contribution in [2.45, 2.75) is 25.9 Å². The number of ether oxygens (including phenoxy) is 1. The first-order valence-electron chi connectivity index (χ1n) is 5.13. The molecule has 1 atom stereocenters. The van der Waals surface area contributed by atoms with Crippen molar-refractivity contribution in [3.8, 4) is 5.75 Å². The van der Waals surface area contributed by atoms with E-state index in [1.54, 1.807) is 19.1 Å². The maximum atomic E-state index is 11.3. The van der Waals surface area contributed by atoms with Gasteiger partial charge in [-0.3, -0.25) is 0 Å². The van der Waals surface area contributed by atoms with Crippen LogP contribution in [-0.2, 0) is 11.2 Å². The van der Waals surface area contributed by atoms with E-state index in [2.05, 4.69) is 4.74 Å². The minimum atomic E-state index is -0.559. The number of phenols is 1. The number of phenolic OH excluding ortho intramolecular Hbond substituents is 1. The third kappa shape index (κ3) is 3.24. The summed E-state index contributed by atoms with van der Waals surface area (Å²) in [6.07, 6.45) is 0.892. The zero-order valence-corrected chi connectivity index (χ0v) is 9.43. The molecule has 0 heterocycles. The van der Waals surface area contributed by atoms with E-state index in [0.29, 0.717) is 12.8 Å². The van der Waals surface area contributed by atoms with Gasteiger partial charge in [-0.15, -0.1) is 0 Å². The van der Waals surface area contributed by atoms with E-state index in [1.165, 1.54) is 13.2 Å². The van der Waals surface area contributed by atoms with E-state index in [9.17, 15) is 9.90 Å². The smallest absolute Gasteiger partial charge is 0.341 e. The monoisotopic (exact) mass is 224 g/mol. The minimum Gasteiger partial charge on any atom is -0.507 e. The quantitative estimate of drug-likeness (QED) is 0.760. The highest BCUT2D eigenvalue weighted by Crippen LogP contribution is 2.20. The van der Waals surface area contributed by atoms with Gasteiger partial charge in [0.05, 0.1) is 13.2 Å². The predicted octanol–water partition coefficient (Wildman–Crippen LogP) is 1.49. The fourth-order valence-corrected chi connectivity index (χ4v) is 1.39. The maximum Gasteiger partial charge on any atom is 0.341 e. The van der Waals surface area contributed by atoms with Crippen molar-refractivity contribution >= 4 is 5.97 Å². The van der Waals surface area contributed by atoms with Crippen LogP contribution in [0.15, 0.2) is 18.2 Å². The van der Waals surface area contributed by atoms with Crippen molar-refractivity contribution in [2.24, 2.45) is 0 Å². The van der Waals surface area contributed by atoms with Crippen LogP contribution in [0.5, 0.6) is 5.75 Å². The van der Waals surface area contributed by atoms with Crippen LogP contribution >= 0.6 is 0 Å². The lowest BCUT2D eigenvalue weighted by Gasteiger charge is -2.07. The molecule has 2 N–H and O–H groups in total. The number of aromatic hydroxyl groups is 1. The fraction of sp³-hybridized carbons (Fsp3) is 0.417. The van der Waals surface area contributed by atoms with Gasteiger partial charge in [-0.2, -0.15) is 0 Å². The molecule has 0 aliphatic rings. The van der Waals surface area contributed by atoms with Crippen molar-refractivity contribution in [1.29, 1.82) is 0 Å². The molecule has 88 valence electrons. The van der Waals surface area contributed by atoms with Crippen molar-refractivity contribution in [1.82, 2.24) is 0 Å². The Morgan fingerprint density at radius 3 is 2.75 bits per heavy atom. The van der Waals surface area contributed by atoms with Gasteiger partial charge in [-0.1, -0.05) is 6.07 Å². The first-order valence-corrected chi connectivity index (χ1v) is 5.13. The lowest BCUT2D eigenvalue weighted by Crippen LogP contribution is -2.04. The summed E-state index contributed by atoms with van der Waals surface area (Å²) in [5, 5.41) is 18.6. The molecule has 0 saturated carbocycles. The standard InChI is InChI=1S/C12H16O4/c1-8(13)3-4-9-5-6-11(14)10(7-9)12(15)16-2/h5-8,13-14H,3-4H2,1-2H3/t8-/m0/s1. The van der Waals surface area contributed by atoms with Crippen LogP contribution < -0.4 is 0 Å². The number of esters is 1. The molecule has 16 heavy (non-hydrogen) atoms. The van der Waals surface area contributed by atoms with Gasteiger partial charge in [-0.05, 0) is 37.5 Å². The molecular weight excluding hydrogens is 208 g/mol. The van der Waals surface area contributed by atoms with E-state index in [4.69, 9.17) is 5.11 Å². The summed E-state index contributed by atoms with van der Waals surface area (Å²) in [5.74, 6) is -0.649. The second kappa shape index (κ2) is 5.51. The molecule has 1 rings (SSSR count). The Morgan fingerprint density at radius 2 is 2.19 bits per heavy atom. The number of rotatable bonds is 4. The Hall–Kier alpha value is -1.55. The second-order valence-corrected chi connectivity index (χ2v) is 3.73. The molecule has 0 bridgehead atoms. The van der Waals surface area contributed by atoms with Gasteiger partial charge in [0.2, 0.25) is 0 Å². The van der Waals surface area contributed by atoms with Crippen LogP contribution in [0.2, 0.25) is 0 Å². The van der Waals surface area contributed by atoms with Gasteiger partial charge in [0.25, 0.3) is 0 Å². The highest BCUT2D eigenvalue weighted by molar-refractivity contribution is 5.92. The highest BCUT2D eigenvalue weighted by Gasteiger charge is 2.12. The summed E-state index contributed by atoms with van der Waals surface area (Å²) in [6.45, 7) is 1.71. The number of aliphatic hydroxyl groups is 1. The number of hydrogen-bond donors (Lipinski definition) is 2. The van der Waals surface area contributed by atoms with Crippen LogP contribution in [0.4, 0.5) is 0 Å². The zero-order valence-electron chi connectivity index (χ0n) is 9.43. The summed E-state index contributed by atoms with van der Waals surface area (Å²) >= 11 is 0. The number of carbonyl (C=O) groups is 1. The summed E-state index contributed by atoms with van der Waals surface area (Å²) in [4.78, 5) is 11.3. The van der Waals surface area contributed by atoms with E-state index in [1.807, 2.05) is 0 Å². The third-order valence-electron chi connectivity index (χ3n) is 2.32. The summed E-state index contributed by atoms with van der Waals surface area (Å²) in [6, 6.07) is 4.78. The molecule has 0 aliphatic carbocycles. The van der Waals surface area contributed by atoms with Gasteiger partial charge < -0.3 is 14.9 Å². The zero-order chi connectivity index (χ0) is 12.1. The Balaban J connectivity index is 2.85. The number of methoxy groups -OCH3 is 1. The van der Waals surface area contributed by atoms with E-state index < -0.39 is 5.97 Å². The van der Waals surface area contributed by atoms with Crippen LogP contribution in [-0.4, -0.2) is 29.4 Å². The molecule has 0 spiro atoms. The molecule has 4 nitrogen and oxygen atoms in total. The van der Waals surface area contributed by atoms with Crippen LogP contribution in [0.25, 0.3) is 0 Å². The fourth-order valence-electron chi connectivity index (χ4n) is 1.39. The van der Waals surface area contributed by atoms with Crippen molar-refractivity contribution in [3.63, 3.8) is 0 Å². The molecule has 1 aromatic carbocycles. The Morgan fingerprint density at radius 1 is 1.50 bits per heavy atom. The molecule has 0 saturated heterocycles. The molecule has 4 heteroatoms. The molecule has 0 fully saturated rings. The summed E-state index contributed by atoms with van der Waals surface area (Å²) in [7, 11) is 1.27. The molecule has 0 unspecified atom stereocenters. The van der Waals surface area contributed by atoms with Crippen LogP contribution in [0.1, 0.15) is 29.3 Å². The van der Waals surface area contributed by atoms with E-state index in [-0.39, 0.29) is 17.4 Å².